The van der Waals surface area contributed by atoms with Gasteiger partial charge in [0.2, 0.25) is 0 Å². The highest BCUT2D eigenvalue weighted by Crippen LogP contribution is 2.59. The molecular formula is C15H25NO. The number of fused-ring (bicyclic) bond motifs is 1. The van der Waals surface area contributed by atoms with Gasteiger partial charge in [-0.2, -0.15) is 0 Å². The van der Waals surface area contributed by atoms with Crippen LogP contribution in [0.1, 0.15) is 46.5 Å². The van der Waals surface area contributed by atoms with Crippen LogP contribution in [0.2, 0.25) is 0 Å². The molecule has 1 aliphatic heterocycles. The topological polar surface area (TPSA) is 21.3 Å². The number of rotatable bonds is 2. The fourth-order valence-electron chi connectivity index (χ4n) is 3.75. The molecule has 0 aromatic heterocycles. The van der Waals surface area contributed by atoms with Crippen molar-refractivity contribution in [2.75, 3.05) is 13.1 Å². The van der Waals surface area contributed by atoms with Gasteiger partial charge < -0.3 is 10.1 Å². The SMILES string of the molecule is CC1(OC2=CCC3CC2C3(C)C)CCNCC1. The van der Waals surface area contributed by atoms with Crippen LogP contribution >= 0.6 is 0 Å². The van der Waals surface area contributed by atoms with Gasteiger partial charge in [0.25, 0.3) is 0 Å². The van der Waals surface area contributed by atoms with Gasteiger partial charge in [-0.15, -0.1) is 0 Å². The summed E-state index contributed by atoms with van der Waals surface area (Å²) >= 11 is 0. The zero-order chi connectivity index (χ0) is 12.1. The molecule has 2 fully saturated rings. The maximum Gasteiger partial charge on any atom is 0.108 e. The minimum atomic E-state index is 0.0790. The average Bonchev–Trinajstić information content (AvgIpc) is 2.29. The minimum Gasteiger partial charge on any atom is -0.492 e. The van der Waals surface area contributed by atoms with Gasteiger partial charge in [-0.3, -0.25) is 0 Å². The van der Waals surface area contributed by atoms with Gasteiger partial charge in [0, 0.05) is 5.92 Å². The summed E-state index contributed by atoms with van der Waals surface area (Å²) < 4.78 is 6.43. The van der Waals surface area contributed by atoms with Crippen LogP contribution in [0.4, 0.5) is 0 Å². The predicted octanol–water partition coefficient (Wildman–Crippen LogP) is 3.10. The number of hydrogen-bond acceptors (Lipinski definition) is 2. The van der Waals surface area contributed by atoms with Gasteiger partial charge in [0.1, 0.15) is 5.60 Å². The second kappa shape index (κ2) is 3.74. The van der Waals surface area contributed by atoms with E-state index in [1.54, 1.807) is 0 Å². The highest BCUT2D eigenvalue weighted by atomic mass is 16.5. The molecule has 1 saturated carbocycles. The molecule has 0 aromatic carbocycles. The van der Waals surface area contributed by atoms with E-state index < -0.39 is 0 Å². The summed E-state index contributed by atoms with van der Waals surface area (Å²) in [4.78, 5) is 0. The molecule has 2 atom stereocenters. The molecule has 4 rings (SSSR count). The third kappa shape index (κ3) is 1.81. The van der Waals surface area contributed by atoms with E-state index in [4.69, 9.17) is 4.74 Å². The lowest BCUT2D eigenvalue weighted by Gasteiger charge is -2.56. The Labute approximate surface area is 105 Å². The van der Waals surface area contributed by atoms with Crippen LogP contribution in [0.25, 0.3) is 0 Å². The van der Waals surface area contributed by atoms with Crippen LogP contribution in [-0.4, -0.2) is 18.7 Å². The molecule has 3 aliphatic carbocycles. The average molecular weight is 235 g/mol. The number of allylic oxidation sites excluding steroid dienone is 2. The molecule has 0 amide bonds. The summed E-state index contributed by atoms with van der Waals surface area (Å²) in [5.41, 5.74) is 0.558. The van der Waals surface area contributed by atoms with Gasteiger partial charge in [0.05, 0.1) is 5.76 Å². The first-order valence-electron chi connectivity index (χ1n) is 7.11. The van der Waals surface area contributed by atoms with E-state index in [0.717, 1.165) is 31.8 Å². The monoisotopic (exact) mass is 235 g/mol. The van der Waals surface area contributed by atoms with Crippen LogP contribution < -0.4 is 5.32 Å². The Hall–Kier alpha value is -0.500. The van der Waals surface area contributed by atoms with E-state index in [1.165, 1.54) is 18.6 Å². The van der Waals surface area contributed by atoms with E-state index in [-0.39, 0.29) is 5.60 Å². The Balaban J connectivity index is 1.71. The Morgan fingerprint density at radius 2 is 1.94 bits per heavy atom. The molecular weight excluding hydrogens is 210 g/mol. The third-order valence-corrected chi connectivity index (χ3v) is 5.44. The standard InChI is InChI=1S/C15H25NO/c1-14(2)11-4-5-13(12(14)10-11)17-15(3)6-8-16-9-7-15/h5,11-12,16H,4,6-10H2,1-3H3. The van der Waals surface area contributed by atoms with Crippen LogP contribution in [-0.2, 0) is 4.74 Å². The van der Waals surface area contributed by atoms with Crippen LogP contribution in [0.5, 0.6) is 0 Å². The van der Waals surface area contributed by atoms with E-state index in [2.05, 4.69) is 32.2 Å². The molecule has 0 radical (unpaired) electrons. The Kier molecular flexibility index (Phi) is 2.55. The summed E-state index contributed by atoms with van der Waals surface area (Å²) in [5, 5.41) is 3.42. The molecule has 1 saturated heterocycles. The summed E-state index contributed by atoms with van der Waals surface area (Å²) in [6, 6.07) is 0. The van der Waals surface area contributed by atoms with Crippen molar-refractivity contribution < 1.29 is 4.74 Å². The lowest BCUT2D eigenvalue weighted by atomic mass is 9.50. The highest BCUT2D eigenvalue weighted by Gasteiger charge is 2.53. The van der Waals surface area contributed by atoms with Crippen molar-refractivity contribution in [3.05, 3.63) is 11.8 Å². The van der Waals surface area contributed by atoms with Gasteiger partial charge >= 0.3 is 0 Å². The third-order valence-electron chi connectivity index (χ3n) is 5.44. The van der Waals surface area contributed by atoms with Gasteiger partial charge in [0.15, 0.2) is 0 Å². The van der Waals surface area contributed by atoms with Crippen LogP contribution in [0.3, 0.4) is 0 Å². The van der Waals surface area contributed by atoms with Crippen molar-refractivity contribution in [2.24, 2.45) is 17.3 Å². The summed E-state index contributed by atoms with van der Waals surface area (Å²) in [7, 11) is 0. The van der Waals surface area contributed by atoms with Gasteiger partial charge in [-0.05, 0) is 63.1 Å². The summed E-state index contributed by atoms with van der Waals surface area (Å²) in [5.74, 6) is 2.90. The maximum atomic E-state index is 6.43. The maximum absolute atomic E-state index is 6.43. The van der Waals surface area contributed by atoms with Crippen molar-refractivity contribution in [1.82, 2.24) is 5.32 Å². The van der Waals surface area contributed by atoms with Crippen LogP contribution in [0, 0.1) is 17.3 Å². The van der Waals surface area contributed by atoms with Crippen LogP contribution in [0.15, 0.2) is 11.8 Å². The summed E-state index contributed by atoms with van der Waals surface area (Å²) in [6.07, 6.45) is 7.24. The van der Waals surface area contributed by atoms with Crippen molar-refractivity contribution in [1.29, 1.82) is 0 Å². The molecule has 96 valence electrons. The number of piperidine rings is 1. The Bertz CT molecular complexity index is 339. The lowest BCUT2D eigenvalue weighted by molar-refractivity contribution is -0.0934. The smallest absolute Gasteiger partial charge is 0.108 e. The lowest BCUT2D eigenvalue weighted by Crippen LogP contribution is -2.50. The van der Waals surface area contributed by atoms with E-state index in [1.807, 2.05) is 0 Å². The zero-order valence-electron chi connectivity index (χ0n) is 11.4. The van der Waals surface area contributed by atoms with E-state index in [9.17, 15) is 0 Å². The number of hydrogen-bond donors (Lipinski definition) is 1. The molecule has 0 aromatic rings. The first-order valence-corrected chi connectivity index (χ1v) is 7.11. The second-order valence-corrected chi connectivity index (χ2v) is 6.95. The zero-order valence-corrected chi connectivity index (χ0v) is 11.4. The number of nitrogens with one attached hydrogen (secondary N) is 1. The largest absolute Gasteiger partial charge is 0.492 e. The minimum absolute atomic E-state index is 0.0790. The second-order valence-electron chi connectivity index (χ2n) is 6.95. The first-order chi connectivity index (χ1) is 8.01. The molecule has 2 nitrogen and oxygen atoms in total. The first kappa shape index (κ1) is 11.6. The quantitative estimate of drug-likeness (QED) is 0.794. The summed E-state index contributed by atoms with van der Waals surface area (Å²) in [6.45, 7) is 9.30. The van der Waals surface area contributed by atoms with Gasteiger partial charge in [-0.1, -0.05) is 13.8 Å². The van der Waals surface area contributed by atoms with Crippen molar-refractivity contribution >= 4 is 0 Å². The molecule has 2 bridgehead atoms. The molecule has 2 unspecified atom stereocenters. The Morgan fingerprint density at radius 3 is 2.53 bits per heavy atom. The Morgan fingerprint density at radius 1 is 1.24 bits per heavy atom. The molecule has 17 heavy (non-hydrogen) atoms. The van der Waals surface area contributed by atoms with E-state index >= 15 is 0 Å². The number of ether oxygens (including phenoxy) is 1. The van der Waals surface area contributed by atoms with Crippen molar-refractivity contribution in [3.63, 3.8) is 0 Å². The molecule has 4 aliphatic rings. The molecule has 1 N–H and O–H groups in total. The van der Waals surface area contributed by atoms with E-state index in [0.29, 0.717) is 11.3 Å². The molecule has 2 heteroatoms. The van der Waals surface area contributed by atoms with Crippen molar-refractivity contribution in [3.8, 4) is 0 Å². The fourth-order valence-corrected chi connectivity index (χ4v) is 3.75. The molecule has 1 heterocycles. The van der Waals surface area contributed by atoms with Crippen molar-refractivity contribution in [2.45, 2.75) is 52.1 Å². The highest BCUT2D eigenvalue weighted by molar-refractivity contribution is 5.19. The normalized spacial score (nSPS) is 37.9. The molecule has 0 spiro atoms. The van der Waals surface area contributed by atoms with Gasteiger partial charge in [-0.25, -0.2) is 0 Å². The predicted molar refractivity (Wildman–Crippen MR) is 69.7 cm³/mol. The fraction of sp³-hybridized carbons (Fsp3) is 0.867.